The Hall–Kier alpha value is -0.520. The first-order valence-corrected chi connectivity index (χ1v) is 7.99. The van der Waals surface area contributed by atoms with Crippen LogP contribution in [0, 0.1) is 0 Å². The predicted molar refractivity (Wildman–Crippen MR) is 87.0 cm³/mol. The molecule has 2 rings (SSSR count). The van der Waals surface area contributed by atoms with Crippen LogP contribution in [0.5, 0.6) is 11.5 Å². The Kier molecular flexibility index (Phi) is 5.73. The van der Waals surface area contributed by atoms with E-state index in [-0.39, 0.29) is 0 Å². The molecule has 0 atom stereocenters. The van der Waals surface area contributed by atoms with Crippen molar-refractivity contribution in [3.63, 3.8) is 0 Å². The minimum Gasteiger partial charge on any atom is -0.490 e. The Morgan fingerprint density at radius 3 is 2.26 bits per heavy atom. The summed E-state index contributed by atoms with van der Waals surface area (Å²) < 4.78 is 14.2. The maximum atomic E-state index is 5.64. The van der Waals surface area contributed by atoms with Gasteiger partial charge in [-0.15, -0.1) is 0 Å². The first-order valence-electron chi connectivity index (χ1n) is 5.61. The number of halogens is 3. The van der Waals surface area contributed by atoms with Crippen LogP contribution < -0.4 is 9.47 Å². The highest BCUT2D eigenvalue weighted by Crippen LogP contribution is 2.28. The summed E-state index contributed by atoms with van der Waals surface area (Å²) in [5.74, 6) is 1.63. The number of ether oxygens (including phenoxy) is 2. The van der Waals surface area contributed by atoms with Gasteiger partial charge in [0.25, 0.3) is 0 Å². The maximum Gasteiger partial charge on any atom is 0.133 e. The molecule has 0 radical (unpaired) electrons. The van der Waals surface area contributed by atoms with Gasteiger partial charge in [0.2, 0.25) is 0 Å². The molecule has 0 saturated heterocycles. The molecular weight excluding hydrogens is 440 g/mol. The molecule has 0 spiro atoms. The van der Waals surface area contributed by atoms with E-state index in [9.17, 15) is 0 Å². The van der Waals surface area contributed by atoms with Gasteiger partial charge < -0.3 is 9.47 Å². The van der Waals surface area contributed by atoms with Gasteiger partial charge in [-0.2, -0.15) is 0 Å². The van der Waals surface area contributed by atoms with E-state index in [0.29, 0.717) is 13.2 Å². The second-order valence-corrected chi connectivity index (χ2v) is 6.41. The quantitative estimate of drug-likeness (QED) is 0.565. The summed E-state index contributed by atoms with van der Waals surface area (Å²) in [5.41, 5.74) is 0. The summed E-state index contributed by atoms with van der Waals surface area (Å²) in [7, 11) is 0. The van der Waals surface area contributed by atoms with Crippen LogP contribution in [-0.2, 0) is 0 Å². The standard InChI is InChI=1S/C14H11Br3O2/c15-10-2-1-3-12(8-10)18-6-7-19-14-5-4-11(16)9-13(14)17/h1-5,8-9H,6-7H2. The molecule has 0 fully saturated rings. The highest BCUT2D eigenvalue weighted by molar-refractivity contribution is 9.11. The number of benzene rings is 2. The van der Waals surface area contributed by atoms with E-state index in [2.05, 4.69) is 47.8 Å². The minimum absolute atomic E-state index is 0.493. The molecule has 0 aliphatic rings. The van der Waals surface area contributed by atoms with Crippen LogP contribution in [0.1, 0.15) is 0 Å². The molecule has 0 bridgehead atoms. The summed E-state index contributed by atoms with van der Waals surface area (Å²) in [6.07, 6.45) is 0. The largest absolute Gasteiger partial charge is 0.490 e. The molecule has 100 valence electrons. The summed E-state index contributed by atoms with van der Waals surface area (Å²) >= 11 is 10.3. The summed E-state index contributed by atoms with van der Waals surface area (Å²) in [4.78, 5) is 0. The average Bonchev–Trinajstić information content (AvgIpc) is 2.37. The second-order valence-electron chi connectivity index (χ2n) is 3.73. The molecule has 0 saturated carbocycles. The summed E-state index contributed by atoms with van der Waals surface area (Å²) in [5, 5.41) is 0. The maximum absolute atomic E-state index is 5.64. The van der Waals surface area contributed by atoms with E-state index in [0.717, 1.165) is 24.9 Å². The lowest BCUT2D eigenvalue weighted by molar-refractivity contribution is 0.216. The molecule has 0 N–H and O–H groups in total. The van der Waals surface area contributed by atoms with E-state index in [1.54, 1.807) is 0 Å². The van der Waals surface area contributed by atoms with Crippen molar-refractivity contribution >= 4 is 47.8 Å². The van der Waals surface area contributed by atoms with Crippen molar-refractivity contribution in [3.05, 3.63) is 55.9 Å². The van der Waals surface area contributed by atoms with E-state index in [1.165, 1.54) is 0 Å². The molecule has 0 heterocycles. The van der Waals surface area contributed by atoms with Gasteiger partial charge in [-0.05, 0) is 52.3 Å². The first-order chi connectivity index (χ1) is 9.15. The monoisotopic (exact) mass is 448 g/mol. The summed E-state index contributed by atoms with van der Waals surface area (Å²) in [6, 6.07) is 13.5. The fraction of sp³-hybridized carbons (Fsp3) is 0.143. The highest BCUT2D eigenvalue weighted by atomic mass is 79.9. The van der Waals surface area contributed by atoms with Gasteiger partial charge in [-0.1, -0.05) is 37.9 Å². The Balaban J connectivity index is 1.81. The third-order valence-electron chi connectivity index (χ3n) is 2.30. The third kappa shape index (κ3) is 4.82. The lowest BCUT2D eigenvalue weighted by Gasteiger charge is -2.10. The van der Waals surface area contributed by atoms with Crippen LogP contribution in [0.3, 0.4) is 0 Å². The van der Waals surface area contributed by atoms with Gasteiger partial charge in [0.1, 0.15) is 24.7 Å². The molecular formula is C14H11Br3O2. The molecule has 0 aliphatic heterocycles. The van der Waals surface area contributed by atoms with Crippen molar-refractivity contribution in [2.45, 2.75) is 0 Å². The van der Waals surface area contributed by atoms with Gasteiger partial charge in [0.05, 0.1) is 4.47 Å². The van der Waals surface area contributed by atoms with Crippen molar-refractivity contribution < 1.29 is 9.47 Å². The van der Waals surface area contributed by atoms with Gasteiger partial charge in [-0.3, -0.25) is 0 Å². The van der Waals surface area contributed by atoms with Gasteiger partial charge in [0, 0.05) is 8.95 Å². The molecule has 0 aromatic heterocycles. The van der Waals surface area contributed by atoms with Gasteiger partial charge in [0.15, 0.2) is 0 Å². The Bertz CT molecular complexity index is 558. The highest BCUT2D eigenvalue weighted by Gasteiger charge is 2.01. The fourth-order valence-electron chi connectivity index (χ4n) is 1.46. The van der Waals surface area contributed by atoms with E-state index < -0.39 is 0 Å². The number of rotatable bonds is 5. The smallest absolute Gasteiger partial charge is 0.133 e. The van der Waals surface area contributed by atoms with Crippen LogP contribution >= 0.6 is 47.8 Å². The molecule has 2 nitrogen and oxygen atoms in total. The molecule has 0 unspecified atom stereocenters. The van der Waals surface area contributed by atoms with Crippen molar-refractivity contribution in [2.24, 2.45) is 0 Å². The minimum atomic E-state index is 0.493. The van der Waals surface area contributed by atoms with Crippen LogP contribution in [0.2, 0.25) is 0 Å². The molecule has 2 aromatic rings. The van der Waals surface area contributed by atoms with E-state index in [1.807, 2.05) is 42.5 Å². The Labute approximate surface area is 137 Å². The van der Waals surface area contributed by atoms with Crippen molar-refractivity contribution in [1.82, 2.24) is 0 Å². The first kappa shape index (κ1) is 14.9. The van der Waals surface area contributed by atoms with E-state index >= 15 is 0 Å². The molecule has 19 heavy (non-hydrogen) atoms. The van der Waals surface area contributed by atoms with Crippen molar-refractivity contribution in [2.75, 3.05) is 13.2 Å². The summed E-state index contributed by atoms with van der Waals surface area (Å²) in [6.45, 7) is 0.992. The lowest BCUT2D eigenvalue weighted by Crippen LogP contribution is -2.09. The molecule has 0 amide bonds. The normalized spacial score (nSPS) is 10.3. The molecule has 2 aromatic carbocycles. The van der Waals surface area contributed by atoms with Gasteiger partial charge >= 0.3 is 0 Å². The Morgan fingerprint density at radius 2 is 1.53 bits per heavy atom. The number of hydrogen-bond donors (Lipinski definition) is 0. The predicted octanol–water partition coefficient (Wildman–Crippen LogP) is 5.43. The van der Waals surface area contributed by atoms with E-state index in [4.69, 9.17) is 9.47 Å². The second kappa shape index (κ2) is 7.31. The molecule has 5 heteroatoms. The lowest BCUT2D eigenvalue weighted by atomic mass is 10.3. The van der Waals surface area contributed by atoms with Crippen LogP contribution in [0.15, 0.2) is 55.9 Å². The Morgan fingerprint density at radius 1 is 0.789 bits per heavy atom. The van der Waals surface area contributed by atoms with Crippen LogP contribution in [-0.4, -0.2) is 13.2 Å². The SMILES string of the molecule is Brc1cccc(OCCOc2ccc(Br)cc2Br)c1. The zero-order chi connectivity index (χ0) is 13.7. The molecule has 0 aliphatic carbocycles. The zero-order valence-corrected chi connectivity index (χ0v) is 14.7. The van der Waals surface area contributed by atoms with Crippen LogP contribution in [0.4, 0.5) is 0 Å². The number of hydrogen-bond acceptors (Lipinski definition) is 2. The van der Waals surface area contributed by atoms with Gasteiger partial charge in [-0.25, -0.2) is 0 Å². The van der Waals surface area contributed by atoms with Crippen LogP contribution in [0.25, 0.3) is 0 Å². The van der Waals surface area contributed by atoms with Crippen molar-refractivity contribution in [3.8, 4) is 11.5 Å². The van der Waals surface area contributed by atoms with Crippen molar-refractivity contribution in [1.29, 1.82) is 0 Å². The zero-order valence-electron chi connectivity index (χ0n) is 9.91. The average molecular weight is 451 g/mol. The third-order valence-corrected chi connectivity index (χ3v) is 3.91. The topological polar surface area (TPSA) is 18.5 Å². The fourth-order valence-corrected chi connectivity index (χ4v) is 3.00.